The third kappa shape index (κ3) is 1.99. The van der Waals surface area contributed by atoms with E-state index < -0.39 is 0 Å². The largest absolute Gasteiger partial charge is 0.461 e. The van der Waals surface area contributed by atoms with Crippen LogP contribution in [0.15, 0.2) is 11.6 Å². The fourth-order valence-corrected chi connectivity index (χ4v) is 3.45. The van der Waals surface area contributed by atoms with Crippen LogP contribution in [0.25, 0.3) is 0 Å². The molecule has 100 valence electrons. The van der Waals surface area contributed by atoms with Gasteiger partial charge in [-0.25, -0.2) is 0 Å². The van der Waals surface area contributed by atoms with Gasteiger partial charge in [0.25, 0.3) is 0 Å². The lowest BCUT2D eigenvalue weighted by Gasteiger charge is -2.20. The van der Waals surface area contributed by atoms with Gasteiger partial charge in [0.2, 0.25) is 0 Å². The van der Waals surface area contributed by atoms with Crippen molar-refractivity contribution in [3.05, 3.63) is 11.6 Å². The minimum absolute atomic E-state index is 0.0238. The van der Waals surface area contributed by atoms with E-state index >= 15 is 0 Å². The molecule has 1 aliphatic carbocycles. The lowest BCUT2D eigenvalue weighted by atomic mass is 9.82. The average molecular weight is 250 g/mol. The second kappa shape index (κ2) is 4.09. The number of allylic oxidation sites excluding steroid dienone is 1. The summed E-state index contributed by atoms with van der Waals surface area (Å²) in [6.45, 7) is 6.33. The number of epoxide rings is 1. The minimum atomic E-state index is -0.0283. The second-order valence-corrected chi connectivity index (χ2v) is 6.38. The van der Waals surface area contributed by atoms with Crippen molar-refractivity contribution in [1.82, 2.24) is 0 Å². The molecule has 0 unspecified atom stereocenters. The Morgan fingerprint density at radius 3 is 3.00 bits per heavy atom. The zero-order valence-corrected chi connectivity index (χ0v) is 11.4. The highest BCUT2D eigenvalue weighted by molar-refractivity contribution is 5.74. The van der Waals surface area contributed by atoms with E-state index in [4.69, 9.17) is 9.47 Å². The number of ether oxygens (including phenoxy) is 2. The number of hydrogen-bond acceptors (Lipinski definition) is 3. The van der Waals surface area contributed by atoms with Crippen LogP contribution in [0.2, 0.25) is 0 Å². The van der Waals surface area contributed by atoms with Crippen molar-refractivity contribution >= 4 is 5.97 Å². The second-order valence-electron chi connectivity index (χ2n) is 6.38. The molecule has 0 amide bonds. The van der Waals surface area contributed by atoms with Crippen LogP contribution in [0.5, 0.6) is 0 Å². The number of carbonyl (C=O) groups excluding carboxylic acids is 1. The first-order valence-electron chi connectivity index (χ1n) is 7.03. The van der Waals surface area contributed by atoms with Crippen LogP contribution in [0.4, 0.5) is 0 Å². The van der Waals surface area contributed by atoms with Gasteiger partial charge in [0.05, 0.1) is 17.6 Å². The molecular formula is C15H22O3. The molecule has 2 aliphatic heterocycles. The maximum absolute atomic E-state index is 11.8. The summed E-state index contributed by atoms with van der Waals surface area (Å²) in [5.74, 6) is 0.320. The molecule has 18 heavy (non-hydrogen) atoms. The standard InChI is InChI=1S/C15H22O3/c1-9-5-4-6-15(3)13(18-15)8-11-10(2)14(16)17-12(11)7-9/h5,10-13H,4,6-8H2,1-3H3/b9-5+/t10-,11+,12-,13-,15+/m0/s1. The molecule has 0 aromatic carbocycles. The van der Waals surface area contributed by atoms with Gasteiger partial charge in [-0.1, -0.05) is 18.6 Å². The van der Waals surface area contributed by atoms with Gasteiger partial charge in [0, 0.05) is 12.3 Å². The molecule has 3 aliphatic rings. The molecule has 3 heteroatoms. The highest BCUT2D eigenvalue weighted by Crippen LogP contribution is 2.48. The lowest BCUT2D eigenvalue weighted by molar-refractivity contribution is -0.143. The summed E-state index contributed by atoms with van der Waals surface area (Å²) in [6, 6.07) is 0. The van der Waals surface area contributed by atoms with Crippen LogP contribution >= 0.6 is 0 Å². The maximum atomic E-state index is 11.8. The van der Waals surface area contributed by atoms with E-state index in [1.165, 1.54) is 5.57 Å². The fourth-order valence-electron chi connectivity index (χ4n) is 3.45. The van der Waals surface area contributed by atoms with E-state index in [2.05, 4.69) is 19.9 Å². The molecule has 0 aromatic heterocycles. The summed E-state index contributed by atoms with van der Waals surface area (Å²) in [6.07, 6.45) is 6.70. The summed E-state index contributed by atoms with van der Waals surface area (Å²) >= 11 is 0. The van der Waals surface area contributed by atoms with Gasteiger partial charge in [0.1, 0.15) is 6.10 Å². The van der Waals surface area contributed by atoms with Gasteiger partial charge < -0.3 is 9.47 Å². The Balaban J connectivity index is 1.83. The first kappa shape index (κ1) is 12.2. The molecular weight excluding hydrogens is 228 g/mol. The van der Waals surface area contributed by atoms with Crippen molar-refractivity contribution in [2.45, 2.75) is 64.3 Å². The molecule has 3 nitrogen and oxygen atoms in total. The zero-order chi connectivity index (χ0) is 12.9. The van der Waals surface area contributed by atoms with Crippen molar-refractivity contribution < 1.29 is 14.3 Å². The Bertz CT molecular complexity index is 401. The minimum Gasteiger partial charge on any atom is -0.461 e. The number of carbonyl (C=O) groups is 1. The quantitative estimate of drug-likeness (QED) is 0.377. The van der Waals surface area contributed by atoms with Crippen LogP contribution in [0.3, 0.4) is 0 Å². The van der Waals surface area contributed by atoms with Crippen molar-refractivity contribution in [3.63, 3.8) is 0 Å². The first-order valence-corrected chi connectivity index (χ1v) is 7.03. The van der Waals surface area contributed by atoms with Gasteiger partial charge in [0.15, 0.2) is 0 Å². The molecule has 2 fully saturated rings. The zero-order valence-electron chi connectivity index (χ0n) is 11.4. The SMILES string of the molecule is C/C1=C\CC[C@@]2(C)O[C@H]2C[C@H]2[C@H](C1)OC(=O)[C@H]2C. The molecule has 0 spiro atoms. The summed E-state index contributed by atoms with van der Waals surface area (Å²) in [5, 5.41) is 0. The van der Waals surface area contributed by atoms with Gasteiger partial charge in [-0.3, -0.25) is 4.79 Å². The van der Waals surface area contributed by atoms with Crippen LogP contribution < -0.4 is 0 Å². The predicted octanol–water partition coefficient (Wildman–Crippen LogP) is 2.84. The van der Waals surface area contributed by atoms with Crippen molar-refractivity contribution in [2.24, 2.45) is 11.8 Å². The molecule has 2 heterocycles. The van der Waals surface area contributed by atoms with E-state index in [9.17, 15) is 4.79 Å². The van der Waals surface area contributed by atoms with Gasteiger partial charge in [-0.05, 0) is 33.1 Å². The molecule has 0 radical (unpaired) electrons. The summed E-state index contributed by atoms with van der Waals surface area (Å²) in [4.78, 5) is 11.8. The Morgan fingerprint density at radius 2 is 2.22 bits per heavy atom. The number of rotatable bonds is 0. The summed E-state index contributed by atoms with van der Waals surface area (Å²) < 4.78 is 11.4. The average Bonchev–Trinajstić information content (AvgIpc) is 2.86. The Hall–Kier alpha value is -0.830. The van der Waals surface area contributed by atoms with E-state index in [0.29, 0.717) is 12.0 Å². The Kier molecular flexibility index (Phi) is 2.77. The lowest BCUT2D eigenvalue weighted by Crippen LogP contribution is -2.24. The maximum Gasteiger partial charge on any atom is 0.309 e. The van der Waals surface area contributed by atoms with Gasteiger partial charge >= 0.3 is 5.97 Å². The smallest absolute Gasteiger partial charge is 0.309 e. The molecule has 0 aromatic rings. The summed E-state index contributed by atoms with van der Waals surface area (Å²) in [5.41, 5.74) is 1.39. The Labute approximate surface area is 109 Å². The van der Waals surface area contributed by atoms with Gasteiger partial charge in [-0.15, -0.1) is 0 Å². The van der Waals surface area contributed by atoms with E-state index in [1.54, 1.807) is 0 Å². The third-order valence-corrected chi connectivity index (χ3v) is 4.94. The molecule has 5 atom stereocenters. The van der Waals surface area contributed by atoms with Crippen LogP contribution in [-0.2, 0) is 14.3 Å². The van der Waals surface area contributed by atoms with Crippen molar-refractivity contribution in [2.75, 3.05) is 0 Å². The van der Waals surface area contributed by atoms with E-state index in [1.807, 2.05) is 6.92 Å². The molecule has 0 N–H and O–H groups in total. The van der Waals surface area contributed by atoms with Gasteiger partial charge in [-0.2, -0.15) is 0 Å². The summed E-state index contributed by atoms with van der Waals surface area (Å²) in [7, 11) is 0. The van der Waals surface area contributed by atoms with Crippen LogP contribution in [0.1, 0.15) is 46.5 Å². The molecule has 3 rings (SSSR count). The van der Waals surface area contributed by atoms with Crippen molar-refractivity contribution in [1.29, 1.82) is 0 Å². The number of esters is 1. The number of hydrogen-bond donors (Lipinski definition) is 0. The van der Waals surface area contributed by atoms with E-state index in [0.717, 1.165) is 25.7 Å². The number of fused-ring (bicyclic) bond motifs is 2. The molecule has 0 bridgehead atoms. The third-order valence-electron chi connectivity index (χ3n) is 4.94. The molecule has 0 saturated carbocycles. The van der Waals surface area contributed by atoms with E-state index in [-0.39, 0.29) is 23.6 Å². The van der Waals surface area contributed by atoms with Crippen LogP contribution in [0, 0.1) is 11.8 Å². The topological polar surface area (TPSA) is 38.8 Å². The first-order chi connectivity index (χ1) is 8.49. The monoisotopic (exact) mass is 250 g/mol. The predicted molar refractivity (Wildman–Crippen MR) is 68.0 cm³/mol. The Morgan fingerprint density at radius 1 is 1.44 bits per heavy atom. The van der Waals surface area contributed by atoms with Crippen molar-refractivity contribution in [3.8, 4) is 0 Å². The normalized spacial score (nSPS) is 50.6. The highest BCUT2D eigenvalue weighted by atomic mass is 16.6. The highest BCUT2D eigenvalue weighted by Gasteiger charge is 2.55. The van der Waals surface area contributed by atoms with Crippen LogP contribution in [-0.4, -0.2) is 23.8 Å². The molecule has 2 saturated heterocycles. The fraction of sp³-hybridized carbons (Fsp3) is 0.800.